The van der Waals surface area contributed by atoms with Gasteiger partial charge in [0.1, 0.15) is 11.6 Å². The summed E-state index contributed by atoms with van der Waals surface area (Å²) >= 11 is 0. The number of piperidine rings is 1. The van der Waals surface area contributed by atoms with Crippen LogP contribution in [0, 0.1) is 5.82 Å². The van der Waals surface area contributed by atoms with E-state index in [4.69, 9.17) is 9.26 Å². The van der Waals surface area contributed by atoms with Crippen molar-refractivity contribution in [3.8, 4) is 17.1 Å². The van der Waals surface area contributed by atoms with Crippen LogP contribution in [0.25, 0.3) is 11.4 Å². The van der Waals surface area contributed by atoms with Crippen LogP contribution < -0.4 is 10.1 Å². The van der Waals surface area contributed by atoms with Crippen LogP contribution in [-0.4, -0.2) is 54.2 Å². The fraction of sp³-hybridized carbons (Fsp3) is 0.375. The molecule has 2 heterocycles. The number of benzene rings is 2. The predicted molar refractivity (Wildman–Crippen MR) is 118 cm³/mol. The molecule has 1 saturated heterocycles. The van der Waals surface area contributed by atoms with Gasteiger partial charge in [-0.2, -0.15) is 4.98 Å². The summed E-state index contributed by atoms with van der Waals surface area (Å²) in [6.45, 7) is 2.46. The topological polar surface area (TPSA) is 80.5 Å². The van der Waals surface area contributed by atoms with Crippen molar-refractivity contribution >= 4 is 5.91 Å². The average molecular weight is 439 g/mol. The maximum atomic E-state index is 13.5. The molecular formula is C24H27FN4O3. The number of rotatable bonds is 8. The van der Waals surface area contributed by atoms with Crippen LogP contribution in [0.5, 0.6) is 5.75 Å². The van der Waals surface area contributed by atoms with Crippen LogP contribution in [0.4, 0.5) is 4.39 Å². The van der Waals surface area contributed by atoms with Gasteiger partial charge in [0.25, 0.3) is 0 Å². The van der Waals surface area contributed by atoms with Gasteiger partial charge in [0.2, 0.25) is 17.6 Å². The molecule has 0 saturated carbocycles. The largest absolute Gasteiger partial charge is 0.497 e. The lowest BCUT2D eigenvalue weighted by molar-refractivity contribution is -0.122. The Hall–Kier alpha value is -3.26. The normalized spacial score (nSPS) is 16.6. The molecule has 1 atom stereocenters. The summed E-state index contributed by atoms with van der Waals surface area (Å²) in [5, 5.41) is 7.00. The fourth-order valence-electron chi connectivity index (χ4n) is 3.94. The summed E-state index contributed by atoms with van der Waals surface area (Å²) in [6.07, 6.45) is 2.63. The van der Waals surface area contributed by atoms with Gasteiger partial charge >= 0.3 is 0 Å². The third kappa shape index (κ3) is 5.70. The first kappa shape index (κ1) is 22.0. The van der Waals surface area contributed by atoms with Gasteiger partial charge in [-0.3, -0.25) is 9.69 Å². The minimum absolute atomic E-state index is 0.00476. The Balaban J connectivity index is 1.26. The summed E-state index contributed by atoms with van der Waals surface area (Å²) in [5.74, 6) is 1.47. The van der Waals surface area contributed by atoms with Gasteiger partial charge in [-0.25, -0.2) is 4.39 Å². The molecule has 0 radical (unpaired) electrons. The molecule has 1 aliphatic heterocycles. The number of likely N-dealkylation sites (tertiary alicyclic amines) is 1. The zero-order valence-electron chi connectivity index (χ0n) is 18.1. The Morgan fingerprint density at radius 2 is 2.12 bits per heavy atom. The molecule has 1 fully saturated rings. The summed E-state index contributed by atoms with van der Waals surface area (Å²) in [4.78, 5) is 19.0. The van der Waals surface area contributed by atoms with Crippen molar-refractivity contribution in [2.45, 2.75) is 25.2 Å². The van der Waals surface area contributed by atoms with E-state index in [1.807, 2.05) is 24.3 Å². The van der Waals surface area contributed by atoms with E-state index in [0.29, 0.717) is 36.9 Å². The van der Waals surface area contributed by atoms with Crippen LogP contribution >= 0.6 is 0 Å². The van der Waals surface area contributed by atoms with E-state index in [0.717, 1.165) is 37.1 Å². The SMILES string of the molecule is COc1ccc(CCNC(=O)CN2CCCC(c3nc(-c4cccc(F)c4)no3)C2)cc1. The Morgan fingerprint density at radius 1 is 1.28 bits per heavy atom. The molecule has 4 rings (SSSR count). The number of hydrogen-bond acceptors (Lipinski definition) is 6. The van der Waals surface area contributed by atoms with Crippen molar-refractivity contribution in [1.29, 1.82) is 0 Å². The van der Waals surface area contributed by atoms with Gasteiger partial charge in [0, 0.05) is 18.7 Å². The van der Waals surface area contributed by atoms with E-state index in [-0.39, 0.29) is 17.6 Å². The second-order valence-electron chi connectivity index (χ2n) is 7.99. The number of halogens is 1. The lowest BCUT2D eigenvalue weighted by atomic mass is 9.98. The van der Waals surface area contributed by atoms with E-state index in [1.54, 1.807) is 19.2 Å². The van der Waals surface area contributed by atoms with Gasteiger partial charge in [-0.05, 0) is 55.6 Å². The molecule has 8 heteroatoms. The van der Waals surface area contributed by atoms with Gasteiger partial charge < -0.3 is 14.6 Å². The molecule has 168 valence electrons. The molecule has 1 aromatic heterocycles. The molecule has 1 unspecified atom stereocenters. The lowest BCUT2D eigenvalue weighted by Gasteiger charge is -2.30. The monoisotopic (exact) mass is 438 g/mol. The molecule has 0 aliphatic carbocycles. The average Bonchev–Trinajstić information content (AvgIpc) is 3.30. The number of ether oxygens (including phenoxy) is 1. The molecule has 32 heavy (non-hydrogen) atoms. The molecule has 1 aliphatic rings. The van der Waals surface area contributed by atoms with E-state index >= 15 is 0 Å². The molecule has 0 spiro atoms. The maximum Gasteiger partial charge on any atom is 0.234 e. The summed E-state index contributed by atoms with van der Waals surface area (Å²) < 4.78 is 24.1. The second-order valence-corrected chi connectivity index (χ2v) is 7.99. The van der Waals surface area contributed by atoms with Crippen LogP contribution in [0.3, 0.4) is 0 Å². The Bertz CT molecular complexity index is 1040. The van der Waals surface area contributed by atoms with Crippen molar-refractivity contribution < 1.29 is 18.4 Å². The number of nitrogens with zero attached hydrogens (tertiary/aromatic N) is 3. The predicted octanol–water partition coefficient (Wildman–Crippen LogP) is 3.42. The van der Waals surface area contributed by atoms with Crippen LogP contribution in [0.1, 0.15) is 30.2 Å². The van der Waals surface area contributed by atoms with Gasteiger partial charge in [0.05, 0.1) is 19.6 Å². The van der Waals surface area contributed by atoms with E-state index in [1.165, 1.54) is 12.1 Å². The number of carbonyl (C=O) groups is 1. The maximum absolute atomic E-state index is 13.5. The molecule has 1 amide bonds. The number of carbonyl (C=O) groups excluding carboxylic acids is 1. The van der Waals surface area contributed by atoms with E-state index in [2.05, 4.69) is 20.4 Å². The smallest absolute Gasteiger partial charge is 0.234 e. The van der Waals surface area contributed by atoms with E-state index in [9.17, 15) is 9.18 Å². The lowest BCUT2D eigenvalue weighted by Crippen LogP contribution is -2.42. The minimum Gasteiger partial charge on any atom is -0.497 e. The third-order valence-electron chi connectivity index (χ3n) is 5.64. The number of methoxy groups -OCH3 is 1. The molecule has 0 bridgehead atoms. The molecule has 1 N–H and O–H groups in total. The highest BCUT2D eigenvalue weighted by atomic mass is 19.1. The summed E-state index contributed by atoms with van der Waals surface area (Å²) in [7, 11) is 1.64. The van der Waals surface area contributed by atoms with Crippen molar-refractivity contribution in [3.05, 3.63) is 65.8 Å². The fourth-order valence-corrected chi connectivity index (χ4v) is 3.94. The third-order valence-corrected chi connectivity index (χ3v) is 5.64. The Labute approximate surface area is 186 Å². The minimum atomic E-state index is -0.337. The van der Waals surface area contributed by atoms with Crippen molar-refractivity contribution in [3.63, 3.8) is 0 Å². The highest BCUT2D eigenvalue weighted by molar-refractivity contribution is 5.78. The van der Waals surface area contributed by atoms with Crippen molar-refractivity contribution in [2.75, 3.05) is 33.3 Å². The first-order valence-electron chi connectivity index (χ1n) is 10.8. The summed E-state index contributed by atoms with van der Waals surface area (Å²) in [6, 6.07) is 14.0. The Morgan fingerprint density at radius 3 is 2.91 bits per heavy atom. The Kier molecular flexibility index (Phi) is 7.11. The van der Waals surface area contributed by atoms with Crippen LogP contribution in [0.15, 0.2) is 53.1 Å². The zero-order chi connectivity index (χ0) is 22.3. The summed E-state index contributed by atoms with van der Waals surface area (Å²) in [5.41, 5.74) is 1.73. The molecule has 3 aromatic rings. The van der Waals surface area contributed by atoms with E-state index < -0.39 is 0 Å². The number of nitrogens with one attached hydrogen (secondary N) is 1. The molecule has 2 aromatic carbocycles. The van der Waals surface area contributed by atoms with Crippen molar-refractivity contribution in [1.82, 2.24) is 20.4 Å². The van der Waals surface area contributed by atoms with Crippen LogP contribution in [-0.2, 0) is 11.2 Å². The molecule has 7 nitrogen and oxygen atoms in total. The van der Waals surface area contributed by atoms with Crippen LogP contribution in [0.2, 0.25) is 0 Å². The highest BCUT2D eigenvalue weighted by Gasteiger charge is 2.27. The standard InChI is InChI=1S/C24H27FN4O3/c1-31-21-9-7-17(8-10-21)11-12-26-22(30)16-29-13-3-5-19(15-29)24-27-23(28-32-24)18-4-2-6-20(25)14-18/h2,4,6-10,14,19H,3,5,11-13,15-16H2,1H3,(H,26,30). The first-order chi connectivity index (χ1) is 15.6. The number of hydrogen-bond donors (Lipinski definition) is 1. The van der Waals surface area contributed by atoms with Gasteiger partial charge in [-0.15, -0.1) is 0 Å². The second kappa shape index (κ2) is 10.4. The highest BCUT2D eigenvalue weighted by Crippen LogP contribution is 2.27. The van der Waals surface area contributed by atoms with Gasteiger partial charge in [0.15, 0.2) is 0 Å². The first-order valence-corrected chi connectivity index (χ1v) is 10.8. The zero-order valence-corrected chi connectivity index (χ0v) is 18.1. The number of amides is 1. The van der Waals surface area contributed by atoms with Gasteiger partial charge in [-0.1, -0.05) is 29.4 Å². The van der Waals surface area contributed by atoms with Crippen molar-refractivity contribution in [2.24, 2.45) is 0 Å². The quantitative estimate of drug-likeness (QED) is 0.581. The number of aromatic nitrogens is 2. The molecular weight excluding hydrogens is 411 g/mol.